The van der Waals surface area contributed by atoms with Crippen molar-refractivity contribution < 1.29 is 14.6 Å². The van der Waals surface area contributed by atoms with Crippen molar-refractivity contribution in [1.29, 1.82) is 0 Å². The molecule has 0 radical (unpaired) electrons. The van der Waals surface area contributed by atoms with Crippen LogP contribution in [0.1, 0.15) is 12.8 Å². The van der Waals surface area contributed by atoms with Crippen molar-refractivity contribution >= 4 is 33.5 Å². The van der Waals surface area contributed by atoms with Gasteiger partial charge in [0, 0.05) is 6.42 Å². The van der Waals surface area contributed by atoms with Gasteiger partial charge in [0.05, 0.1) is 6.61 Å². The maximum atomic E-state index is 10.2. The highest BCUT2D eigenvalue weighted by atomic mass is 79.9. The van der Waals surface area contributed by atoms with E-state index in [1.54, 1.807) is 12.1 Å². The van der Waals surface area contributed by atoms with E-state index in [1.165, 1.54) is 0 Å². The fourth-order valence-electron chi connectivity index (χ4n) is 0.913. The summed E-state index contributed by atoms with van der Waals surface area (Å²) in [5.41, 5.74) is 0. The Morgan fingerprint density at radius 2 is 2.33 bits per heavy atom. The van der Waals surface area contributed by atoms with E-state index in [-0.39, 0.29) is 11.6 Å². The van der Waals surface area contributed by atoms with Crippen LogP contribution < -0.4 is 4.74 Å². The Hall–Kier alpha value is -0.810. The van der Waals surface area contributed by atoms with Crippen LogP contribution >= 0.6 is 27.5 Å². The van der Waals surface area contributed by atoms with Crippen molar-refractivity contribution in [3.8, 4) is 5.75 Å². The Morgan fingerprint density at radius 1 is 1.60 bits per heavy atom. The normalized spacial score (nSPS) is 10.0. The molecule has 6 heteroatoms. The number of aromatic nitrogens is 1. The maximum absolute atomic E-state index is 10.2. The van der Waals surface area contributed by atoms with Crippen molar-refractivity contribution in [2.75, 3.05) is 6.61 Å². The van der Waals surface area contributed by atoms with E-state index in [4.69, 9.17) is 21.4 Å². The highest BCUT2D eigenvalue weighted by Gasteiger charge is 2.04. The summed E-state index contributed by atoms with van der Waals surface area (Å²) < 4.78 is 5.89. The van der Waals surface area contributed by atoms with Gasteiger partial charge < -0.3 is 9.84 Å². The lowest BCUT2D eigenvalue weighted by Gasteiger charge is -2.06. The molecule has 0 aliphatic carbocycles. The lowest BCUT2D eigenvalue weighted by atomic mass is 10.3. The molecule has 0 amide bonds. The minimum absolute atomic E-state index is 0.0849. The van der Waals surface area contributed by atoms with Crippen LogP contribution in [0.4, 0.5) is 0 Å². The molecule has 1 heterocycles. The standard InChI is InChI=1S/C9H9BrClNO3/c10-7-4-3-6(9(11)12-7)15-5-1-2-8(13)14/h3-4H,1-2,5H2,(H,13,14). The van der Waals surface area contributed by atoms with E-state index < -0.39 is 5.97 Å². The third-order valence-electron chi connectivity index (χ3n) is 1.57. The average molecular weight is 295 g/mol. The summed E-state index contributed by atoms with van der Waals surface area (Å²) in [4.78, 5) is 14.2. The summed E-state index contributed by atoms with van der Waals surface area (Å²) in [6.45, 7) is 0.315. The zero-order valence-electron chi connectivity index (χ0n) is 7.74. The molecule has 1 aromatic rings. The first-order chi connectivity index (χ1) is 7.09. The minimum Gasteiger partial charge on any atom is -0.490 e. The molecule has 0 saturated carbocycles. The van der Waals surface area contributed by atoms with Crippen LogP contribution in [0.15, 0.2) is 16.7 Å². The first kappa shape index (κ1) is 12.3. The van der Waals surface area contributed by atoms with Crippen molar-refractivity contribution in [3.63, 3.8) is 0 Å². The minimum atomic E-state index is -0.835. The van der Waals surface area contributed by atoms with E-state index in [2.05, 4.69) is 20.9 Å². The summed E-state index contributed by atoms with van der Waals surface area (Å²) in [6.07, 6.45) is 0.531. The van der Waals surface area contributed by atoms with Crippen molar-refractivity contribution in [2.24, 2.45) is 0 Å². The number of ether oxygens (including phenoxy) is 1. The molecule has 0 aromatic carbocycles. The molecule has 82 valence electrons. The lowest BCUT2D eigenvalue weighted by molar-refractivity contribution is -0.137. The van der Waals surface area contributed by atoms with E-state index >= 15 is 0 Å². The molecule has 15 heavy (non-hydrogen) atoms. The number of carboxylic acids is 1. The van der Waals surface area contributed by atoms with Gasteiger partial charge >= 0.3 is 5.97 Å². The molecule has 4 nitrogen and oxygen atoms in total. The molecule has 0 aliphatic rings. The van der Waals surface area contributed by atoms with E-state index in [0.717, 1.165) is 0 Å². The van der Waals surface area contributed by atoms with Crippen molar-refractivity contribution in [3.05, 3.63) is 21.9 Å². The fraction of sp³-hybridized carbons (Fsp3) is 0.333. The second kappa shape index (κ2) is 5.92. The van der Waals surface area contributed by atoms with Gasteiger partial charge in [0.2, 0.25) is 0 Å². The third-order valence-corrected chi connectivity index (χ3v) is 2.29. The number of aliphatic carboxylic acids is 1. The van der Waals surface area contributed by atoms with Gasteiger partial charge in [-0.2, -0.15) is 0 Å². The predicted molar refractivity (Wildman–Crippen MR) is 59.3 cm³/mol. The summed E-state index contributed by atoms with van der Waals surface area (Å²) in [6, 6.07) is 3.39. The van der Waals surface area contributed by atoms with Crippen molar-refractivity contribution in [2.45, 2.75) is 12.8 Å². The van der Waals surface area contributed by atoms with Gasteiger partial charge in [0.25, 0.3) is 0 Å². The highest BCUT2D eigenvalue weighted by Crippen LogP contribution is 2.24. The quantitative estimate of drug-likeness (QED) is 0.670. The molecule has 0 atom stereocenters. The van der Waals surface area contributed by atoms with Gasteiger partial charge in [0.15, 0.2) is 10.9 Å². The van der Waals surface area contributed by atoms with Crippen molar-refractivity contribution in [1.82, 2.24) is 4.98 Å². The topological polar surface area (TPSA) is 59.4 Å². The van der Waals surface area contributed by atoms with Crippen LogP contribution in [0.5, 0.6) is 5.75 Å². The van der Waals surface area contributed by atoms with Crippen LogP contribution in [0.3, 0.4) is 0 Å². The molecular formula is C9H9BrClNO3. The largest absolute Gasteiger partial charge is 0.490 e. The van der Waals surface area contributed by atoms with E-state index in [1.807, 2.05) is 0 Å². The summed E-state index contributed by atoms with van der Waals surface area (Å²) in [7, 11) is 0. The molecule has 0 aliphatic heterocycles. The molecule has 1 N–H and O–H groups in total. The SMILES string of the molecule is O=C(O)CCCOc1ccc(Br)nc1Cl. The Balaban J connectivity index is 2.40. The highest BCUT2D eigenvalue weighted by molar-refractivity contribution is 9.10. The first-order valence-electron chi connectivity index (χ1n) is 4.26. The molecule has 0 saturated heterocycles. The zero-order valence-corrected chi connectivity index (χ0v) is 10.1. The van der Waals surface area contributed by atoms with Crippen LogP contribution in [0, 0.1) is 0 Å². The molecule has 0 bridgehead atoms. The second-order valence-electron chi connectivity index (χ2n) is 2.77. The maximum Gasteiger partial charge on any atom is 0.303 e. The predicted octanol–water partition coefficient (Wildman–Crippen LogP) is 2.74. The number of halogens is 2. The van der Waals surface area contributed by atoms with Crippen LogP contribution in [-0.2, 0) is 4.79 Å². The second-order valence-corrected chi connectivity index (χ2v) is 3.94. The van der Waals surface area contributed by atoms with Crippen LogP contribution in [-0.4, -0.2) is 22.7 Å². The van der Waals surface area contributed by atoms with Gasteiger partial charge in [-0.1, -0.05) is 11.6 Å². The molecule has 0 spiro atoms. The van der Waals surface area contributed by atoms with E-state index in [0.29, 0.717) is 23.4 Å². The number of carboxylic acid groups (broad SMARTS) is 1. The smallest absolute Gasteiger partial charge is 0.303 e. The summed E-state index contributed by atoms with van der Waals surface area (Å²) in [5, 5.41) is 8.67. The number of rotatable bonds is 5. The summed E-state index contributed by atoms with van der Waals surface area (Å²) in [5.74, 6) is -0.371. The Kier molecular flexibility index (Phi) is 4.84. The molecule has 1 rings (SSSR count). The molecule has 0 unspecified atom stereocenters. The molecule has 1 aromatic heterocycles. The average Bonchev–Trinajstić information content (AvgIpc) is 2.14. The van der Waals surface area contributed by atoms with Crippen LogP contribution in [0.2, 0.25) is 5.15 Å². The Labute approximate surface area is 100 Å². The van der Waals surface area contributed by atoms with Gasteiger partial charge in [-0.25, -0.2) is 4.98 Å². The van der Waals surface area contributed by atoms with E-state index in [9.17, 15) is 4.79 Å². The number of hydrogen-bond acceptors (Lipinski definition) is 3. The number of nitrogens with zero attached hydrogens (tertiary/aromatic N) is 1. The monoisotopic (exact) mass is 293 g/mol. The zero-order chi connectivity index (χ0) is 11.3. The number of pyridine rings is 1. The number of carbonyl (C=O) groups is 1. The third kappa shape index (κ3) is 4.48. The first-order valence-corrected chi connectivity index (χ1v) is 5.43. The molecule has 0 fully saturated rings. The number of hydrogen-bond donors (Lipinski definition) is 1. The summed E-state index contributed by atoms with van der Waals surface area (Å²) >= 11 is 8.96. The van der Waals surface area contributed by atoms with Crippen LogP contribution in [0.25, 0.3) is 0 Å². The Bertz CT molecular complexity index is 359. The molecular weight excluding hydrogens is 285 g/mol. The lowest BCUT2D eigenvalue weighted by Crippen LogP contribution is -2.02. The van der Waals surface area contributed by atoms with Gasteiger partial charge in [-0.05, 0) is 34.5 Å². The Morgan fingerprint density at radius 3 is 2.93 bits per heavy atom. The fourth-order valence-corrected chi connectivity index (χ4v) is 1.53. The van der Waals surface area contributed by atoms with Gasteiger partial charge in [-0.15, -0.1) is 0 Å². The van der Waals surface area contributed by atoms with Gasteiger partial charge in [0.1, 0.15) is 4.60 Å². The van der Waals surface area contributed by atoms with Gasteiger partial charge in [-0.3, -0.25) is 4.79 Å².